The highest BCUT2D eigenvalue weighted by Crippen LogP contribution is 2.41. The summed E-state index contributed by atoms with van der Waals surface area (Å²) in [5.41, 5.74) is 2.92. The molecular formula is C23H19ClF2N6O. The lowest BCUT2D eigenvalue weighted by atomic mass is 9.82. The van der Waals surface area contributed by atoms with Crippen molar-refractivity contribution in [1.82, 2.24) is 29.7 Å². The topological polar surface area (TPSA) is 68.8 Å². The van der Waals surface area contributed by atoms with Gasteiger partial charge < -0.3 is 4.90 Å². The van der Waals surface area contributed by atoms with E-state index in [1.54, 1.807) is 22.8 Å². The molecule has 0 unspecified atom stereocenters. The van der Waals surface area contributed by atoms with Crippen LogP contribution >= 0.6 is 11.6 Å². The van der Waals surface area contributed by atoms with E-state index in [1.807, 2.05) is 31.2 Å². The lowest BCUT2D eigenvalue weighted by Gasteiger charge is -2.39. The lowest BCUT2D eigenvalue weighted by molar-refractivity contribution is 0.0658. The SMILES string of the molecule is C[C@H]1c2ccccc2[C@@H](c2cnn(C)c2Cl)CN1C(=O)c1cnn(-c2ccc(F)cc2F)n1. The first-order chi connectivity index (χ1) is 15.8. The third kappa shape index (κ3) is 3.58. The minimum atomic E-state index is -0.823. The number of benzene rings is 2. The van der Waals surface area contributed by atoms with Gasteiger partial charge in [0.15, 0.2) is 11.5 Å². The van der Waals surface area contributed by atoms with Gasteiger partial charge in [-0.05, 0) is 30.2 Å². The van der Waals surface area contributed by atoms with Gasteiger partial charge in [-0.25, -0.2) is 8.78 Å². The summed E-state index contributed by atoms with van der Waals surface area (Å²) in [6.45, 7) is 2.31. The average molecular weight is 469 g/mol. The first-order valence-corrected chi connectivity index (χ1v) is 10.7. The number of hydrogen-bond acceptors (Lipinski definition) is 4. The van der Waals surface area contributed by atoms with Gasteiger partial charge in [0.1, 0.15) is 16.7 Å². The Hall–Kier alpha value is -3.59. The van der Waals surface area contributed by atoms with Crippen LogP contribution in [-0.4, -0.2) is 42.1 Å². The summed E-state index contributed by atoms with van der Waals surface area (Å²) in [4.78, 5) is 16.2. The maximum atomic E-state index is 14.2. The van der Waals surface area contributed by atoms with Crippen LogP contribution in [0.5, 0.6) is 0 Å². The molecule has 2 aromatic heterocycles. The van der Waals surface area contributed by atoms with E-state index in [-0.39, 0.29) is 29.2 Å². The molecule has 0 bridgehead atoms. The molecular weight excluding hydrogens is 450 g/mol. The Bertz CT molecular complexity index is 1370. The number of hydrogen-bond donors (Lipinski definition) is 0. The fraction of sp³-hybridized carbons (Fsp3) is 0.217. The molecule has 1 aliphatic heterocycles. The van der Waals surface area contributed by atoms with Crippen molar-refractivity contribution >= 4 is 17.5 Å². The van der Waals surface area contributed by atoms with E-state index >= 15 is 0 Å². The third-order valence-corrected chi connectivity index (χ3v) is 6.50. The van der Waals surface area contributed by atoms with Crippen LogP contribution in [0, 0.1) is 11.6 Å². The Morgan fingerprint density at radius 3 is 2.52 bits per heavy atom. The molecule has 0 fully saturated rings. The predicted octanol–water partition coefficient (Wildman–Crippen LogP) is 4.28. The van der Waals surface area contributed by atoms with Crippen LogP contribution in [0.15, 0.2) is 54.9 Å². The molecule has 3 heterocycles. The van der Waals surface area contributed by atoms with Gasteiger partial charge >= 0.3 is 0 Å². The zero-order valence-corrected chi connectivity index (χ0v) is 18.5. The molecule has 0 radical (unpaired) electrons. The van der Waals surface area contributed by atoms with Gasteiger partial charge in [0, 0.05) is 31.1 Å². The normalized spacial score (nSPS) is 17.8. The van der Waals surface area contributed by atoms with Crippen molar-refractivity contribution in [2.24, 2.45) is 7.05 Å². The van der Waals surface area contributed by atoms with Crippen molar-refractivity contribution in [3.8, 4) is 5.69 Å². The van der Waals surface area contributed by atoms with Crippen molar-refractivity contribution < 1.29 is 13.6 Å². The van der Waals surface area contributed by atoms with Gasteiger partial charge in [0.2, 0.25) is 0 Å². The van der Waals surface area contributed by atoms with Crippen molar-refractivity contribution in [3.63, 3.8) is 0 Å². The highest BCUT2D eigenvalue weighted by molar-refractivity contribution is 6.30. The zero-order valence-electron chi connectivity index (χ0n) is 17.8. The summed E-state index contributed by atoms with van der Waals surface area (Å²) in [5.74, 6) is -2.06. The Morgan fingerprint density at radius 2 is 1.82 bits per heavy atom. The van der Waals surface area contributed by atoms with Gasteiger partial charge in [0.05, 0.1) is 18.4 Å². The summed E-state index contributed by atoms with van der Waals surface area (Å²) in [5, 5.41) is 12.9. The van der Waals surface area contributed by atoms with E-state index < -0.39 is 11.6 Å². The summed E-state index contributed by atoms with van der Waals surface area (Å²) < 4.78 is 29.0. The molecule has 7 nitrogen and oxygen atoms in total. The number of aromatic nitrogens is 5. The van der Waals surface area contributed by atoms with E-state index in [1.165, 1.54) is 12.3 Å². The fourth-order valence-corrected chi connectivity index (χ4v) is 4.52. The number of carbonyl (C=O) groups is 1. The molecule has 33 heavy (non-hydrogen) atoms. The summed E-state index contributed by atoms with van der Waals surface area (Å²) in [7, 11) is 1.76. The molecule has 2 atom stereocenters. The number of halogens is 3. The number of carbonyl (C=O) groups excluding carboxylic acids is 1. The molecule has 0 aliphatic carbocycles. The zero-order chi connectivity index (χ0) is 23.3. The first kappa shape index (κ1) is 21.3. The van der Waals surface area contributed by atoms with E-state index in [0.717, 1.165) is 33.6 Å². The molecule has 1 aliphatic rings. The van der Waals surface area contributed by atoms with Crippen LogP contribution in [0.3, 0.4) is 0 Å². The Balaban J connectivity index is 1.51. The largest absolute Gasteiger partial charge is 0.329 e. The molecule has 10 heteroatoms. The number of rotatable bonds is 3. The number of fused-ring (bicyclic) bond motifs is 1. The quantitative estimate of drug-likeness (QED) is 0.450. The second-order valence-electron chi connectivity index (χ2n) is 7.94. The van der Waals surface area contributed by atoms with Gasteiger partial charge in [-0.15, -0.1) is 9.90 Å². The molecule has 0 saturated carbocycles. The van der Waals surface area contributed by atoms with E-state index in [4.69, 9.17) is 11.6 Å². The molecule has 168 valence electrons. The van der Waals surface area contributed by atoms with Crippen molar-refractivity contribution in [2.75, 3.05) is 6.54 Å². The highest BCUT2D eigenvalue weighted by atomic mass is 35.5. The number of aryl methyl sites for hydroxylation is 1. The lowest BCUT2D eigenvalue weighted by Crippen LogP contribution is -2.41. The second kappa shape index (κ2) is 8.08. The van der Waals surface area contributed by atoms with Crippen LogP contribution in [0.4, 0.5) is 8.78 Å². The average Bonchev–Trinajstić information content (AvgIpc) is 3.41. The van der Waals surface area contributed by atoms with Crippen molar-refractivity contribution in [1.29, 1.82) is 0 Å². The van der Waals surface area contributed by atoms with Crippen molar-refractivity contribution in [2.45, 2.75) is 18.9 Å². The number of amides is 1. The number of nitrogens with zero attached hydrogens (tertiary/aromatic N) is 6. The smallest absolute Gasteiger partial charge is 0.276 e. The molecule has 0 N–H and O–H groups in total. The highest BCUT2D eigenvalue weighted by Gasteiger charge is 2.36. The predicted molar refractivity (Wildman–Crippen MR) is 117 cm³/mol. The Labute approximate surface area is 193 Å². The Kier molecular flexibility index (Phi) is 5.20. The summed E-state index contributed by atoms with van der Waals surface area (Å²) in [6, 6.07) is 10.8. The fourth-order valence-electron chi connectivity index (χ4n) is 4.30. The summed E-state index contributed by atoms with van der Waals surface area (Å²) >= 11 is 6.50. The van der Waals surface area contributed by atoms with E-state index in [0.29, 0.717) is 11.7 Å². The standard InChI is InChI=1S/C23H19ClF2N6O/c1-13-15-5-3-4-6-16(15)18(17-10-27-30(2)22(17)24)12-31(13)23(33)20-11-28-32(29-20)21-8-7-14(25)9-19(21)26/h3-11,13,18H,12H2,1-2H3/t13-,18-/m0/s1. The minimum absolute atomic E-state index is 0.0486. The van der Waals surface area contributed by atoms with Crippen molar-refractivity contribution in [3.05, 3.63) is 94.0 Å². The third-order valence-electron chi connectivity index (χ3n) is 6.03. The molecule has 0 spiro atoms. The maximum absolute atomic E-state index is 14.2. The van der Waals surface area contributed by atoms with Crippen LogP contribution in [0.25, 0.3) is 5.69 Å². The molecule has 2 aromatic carbocycles. The van der Waals surface area contributed by atoms with Crippen LogP contribution in [0.2, 0.25) is 5.15 Å². The van der Waals surface area contributed by atoms with E-state index in [9.17, 15) is 13.6 Å². The van der Waals surface area contributed by atoms with Gasteiger partial charge in [-0.2, -0.15) is 10.2 Å². The first-order valence-electron chi connectivity index (χ1n) is 10.3. The molecule has 1 amide bonds. The molecule has 4 aromatic rings. The summed E-state index contributed by atoms with van der Waals surface area (Å²) in [6.07, 6.45) is 3.00. The van der Waals surface area contributed by atoms with Crippen LogP contribution in [-0.2, 0) is 7.05 Å². The van der Waals surface area contributed by atoms with Crippen LogP contribution in [0.1, 0.15) is 46.1 Å². The van der Waals surface area contributed by atoms with Gasteiger partial charge in [-0.1, -0.05) is 35.9 Å². The van der Waals surface area contributed by atoms with Gasteiger partial charge in [-0.3, -0.25) is 9.48 Å². The molecule has 5 rings (SSSR count). The Morgan fingerprint density at radius 1 is 1.06 bits per heavy atom. The van der Waals surface area contributed by atoms with Gasteiger partial charge in [0.25, 0.3) is 5.91 Å². The van der Waals surface area contributed by atoms with E-state index in [2.05, 4.69) is 15.3 Å². The second-order valence-corrected chi connectivity index (χ2v) is 8.30. The monoisotopic (exact) mass is 468 g/mol. The van der Waals surface area contributed by atoms with Crippen LogP contribution < -0.4 is 0 Å². The molecule has 0 saturated heterocycles. The minimum Gasteiger partial charge on any atom is -0.329 e. The maximum Gasteiger partial charge on any atom is 0.276 e.